The maximum atomic E-state index is 12.6. The van der Waals surface area contributed by atoms with Crippen LogP contribution in [-0.4, -0.2) is 8.42 Å². The first kappa shape index (κ1) is 14.5. The van der Waals surface area contributed by atoms with Gasteiger partial charge in [0.2, 0.25) is 0 Å². The van der Waals surface area contributed by atoms with Gasteiger partial charge in [0.1, 0.15) is 6.07 Å². The maximum absolute atomic E-state index is 12.6. The van der Waals surface area contributed by atoms with Gasteiger partial charge in [0.15, 0.2) is 0 Å². The molecule has 1 aromatic carbocycles. The fraction of sp³-hybridized carbons (Fsp3) is 0.125. The lowest BCUT2D eigenvalue weighted by molar-refractivity contribution is -0.138. The number of nitriles is 1. The molecule has 0 fully saturated rings. The van der Waals surface area contributed by atoms with Gasteiger partial charge in [0.05, 0.1) is 16.0 Å². The zero-order chi connectivity index (χ0) is 13.4. The molecule has 0 N–H and O–H groups in total. The second-order valence-corrected chi connectivity index (χ2v) is 6.60. The average Bonchev–Trinajstić information content (AvgIpc) is 2.13. The molecule has 0 aliphatic heterocycles. The van der Waals surface area contributed by atoms with E-state index in [4.69, 9.17) is 15.9 Å². The van der Waals surface area contributed by atoms with Crippen molar-refractivity contribution in [3.05, 3.63) is 26.8 Å². The average molecular weight is 396 g/mol. The van der Waals surface area contributed by atoms with E-state index in [1.54, 1.807) is 0 Å². The molecule has 0 heterocycles. The standard InChI is InChI=1S/C8H2ClF3INO2S/c9-17(15,16)4-1-6(8(10,11)12)5(3-14)7(13)2-4/h1-2H. The van der Waals surface area contributed by atoms with Crippen molar-refractivity contribution in [2.45, 2.75) is 11.1 Å². The summed E-state index contributed by atoms with van der Waals surface area (Å²) in [4.78, 5) is -0.685. The summed E-state index contributed by atoms with van der Waals surface area (Å²) in [5.41, 5.74) is -1.94. The van der Waals surface area contributed by atoms with Gasteiger partial charge < -0.3 is 0 Å². The molecular weight excluding hydrogens is 394 g/mol. The van der Waals surface area contributed by atoms with Gasteiger partial charge >= 0.3 is 6.18 Å². The molecule has 0 unspecified atom stereocenters. The number of benzene rings is 1. The van der Waals surface area contributed by atoms with Crippen molar-refractivity contribution in [2.24, 2.45) is 0 Å². The summed E-state index contributed by atoms with van der Waals surface area (Å²) in [7, 11) is 0.692. The van der Waals surface area contributed by atoms with Gasteiger partial charge in [-0.25, -0.2) is 8.42 Å². The van der Waals surface area contributed by atoms with Crippen molar-refractivity contribution in [1.29, 1.82) is 5.26 Å². The van der Waals surface area contributed by atoms with Gasteiger partial charge in [-0.2, -0.15) is 18.4 Å². The molecular formula is C8H2ClF3INO2S. The normalized spacial score (nSPS) is 12.2. The van der Waals surface area contributed by atoms with E-state index in [1.807, 2.05) is 0 Å². The van der Waals surface area contributed by atoms with Gasteiger partial charge in [-0.3, -0.25) is 0 Å². The van der Waals surface area contributed by atoms with Crippen molar-refractivity contribution in [2.75, 3.05) is 0 Å². The minimum Gasteiger partial charge on any atom is -0.207 e. The van der Waals surface area contributed by atoms with Crippen molar-refractivity contribution in [3.8, 4) is 6.07 Å². The Bertz CT molecular complexity index is 606. The van der Waals surface area contributed by atoms with E-state index in [1.165, 1.54) is 28.7 Å². The van der Waals surface area contributed by atoms with Crippen LogP contribution in [0.5, 0.6) is 0 Å². The molecule has 0 saturated heterocycles. The molecule has 9 heteroatoms. The lowest BCUT2D eigenvalue weighted by Crippen LogP contribution is -2.10. The molecule has 0 aliphatic rings. The molecule has 0 bridgehead atoms. The number of hydrogen-bond acceptors (Lipinski definition) is 3. The fourth-order valence-corrected chi connectivity index (χ4v) is 2.80. The highest BCUT2D eigenvalue weighted by molar-refractivity contribution is 14.1. The van der Waals surface area contributed by atoms with Crippen LogP contribution in [0.1, 0.15) is 11.1 Å². The Morgan fingerprint density at radius 2 is 1.88 bits per heavy atom. The molecule has 3 nitrogen and oxygen atoms in total. The molecule has 1 rings (SSSR count). The molecule has 92 valence electrons. The summed E-state index contributed by atoms with van der Waals surface area (Å²) in [6.07, 6.45) is -4.82. The highest BCUT2D eigenvalue weighted by Gasteiger charge is 2.36. The Hall–Kier alpha value is -0.530. The fourth-order valence-electron chi connectivity index (χ4n) is 1.06. The Balaban J connectivity index is 3.70. The number of alkyl halides is 3. The number of nitrogens with zero attached hydrogens (tertiary/aromatic N) is 1. The third kappa shape index (κ3) is 3.23. The molecule has 0 radical (unpaired) electrons. The summed E-state index contributed by atoms with van der Waals surface area (Å²) >= 11 is 1.45. The van der Waals surface area contributed by atoms with Crippen LogP contribution in [0.25, 0.3) is 0 Å². The molecule has 0 aromatic heterocycles. The summed E-state index contributed by atoms with van der Waals surface area (Å²) < 4.78 is 59.6. The van der Waals surface area contributed by atoms with Crippen molar-refractivity contribution in [1.82, 2.24) is 0 Å². The summed E-state index contributed by atoms with van der Waals surface area (Å²) in [6, 6.07) is 2.65. The summed E-state index contributed by atoms with van der Waals surface area (Å²) in [5, 5.41) is 8.62. The van der Waals surface area contributed by atoms with Crippen molar-refractivity contribution < 1.29 is 21.6 Å². The molecule has 0 atom stereocenters. The van der Waals surface area contributed by atoms with E-state index in [2.05, 4.69) is 0 Å². The van der Waals surface area contributed by atoms with Gasteiger partial charge in [0, 0.05) is 14.3 Å². The zero-order valence-electron chi connectivity index (χ0n) is 7.72. The van der Waals surface area contributed by atoms with Gasteiger partial charge in [-0.15, -0.1) is 0 Å². The predicted molar refractivity (Wildman–Crippen MR) is 61.9 cm³/mol. The second kappa shape index (κ2) is 4.62. The molecule has 1 aromatic rings. The van der Waals surface area contributed by atoms with E-state index in [-0.39, 0.29) is 3.57 Å². The summed E-state index contributed by atoms with van der Waals surface area (Å²) in [6.45, 7) is 0. The lowest BCUT2D eigenvalue weighted by atomic mass is 10.1. The molecule has 0 aliphatic carbocycles. The van der Waals surface area contributed by atoms with Crippen LogP contribution in [0, 0.1) is 14.9 Å². The van der Waals surface area contributed by atoms with Crippen LogP contribution < -0.4 is 0 Å². The minimum absolute atomic E-state index is 0.126. The topological polar surface area (TPSA) is 57.9 Å². The zero-order valence-corrected chi connectivity index (χ0v) is 11.4. The largest absolute Gasteiger partial charge is 0.417 e. The van der Waals surface area contributed by atoms with Crippen molar-refractivity contribution in [3.63, 3.8) is 0 Å². The van der Waals surface area contributed by atoms with Gasteiger partial charge in [-0.1, -0.05) is 0 Å². The summed E-state index contributed by atoms with van der Waals surface area (Å²) in [5.74, 6) is 0. The van der Waals surface area contributed by atoms with Crippen LogP contribution in [0.15, 0.2) is 17.0 Å². The Kier molecular flexibility index (Phi) is 3.95. The van der Waals surface area contributed by atoms with E-state index in [0.29, 0.717) is 6.07 Å². The predicted octanol–water partition coefficient (Wildman–Crippen LogP) is 3.11. The monoisotopic (exact) mass is 395 g/mol. The van der Waals surface area contributed by atoms with Crippen molar-refractivity contribution >= 4 is 42.3 Å². The SMILES string of the molecule is N#Cc1c(I)cc(S(=O)(=O)Cl)cc1C(F)(F)F. The molecule has 0 spiro atoms. The second-order valence-electron chi connectivity index (χ2n) is 2.88. The van der Waals surface area contributed by atoms with Gasteiger partial charge in [-0.05, 0) is 34.7 Å². The lowest BCUT2D eigenvalue weighted by Gasteiger charge is -2.11. The van der Waals surface area contributed by atoms with E-state index >= 15 is 0 Å². The third-order valence-corrected chi connectivity index (χ3v) is 3.95. The van der Waals surface area contributed by atoms with Crippen LogP contribution >= 0.6 is 33.3 Å². The molecule has 0 amide bonds. The highest BCUT2D eigenvalue weighted by atomic mass is 127. The highest BCUT2D eigenvalue weighted by Crippen LogP contribution is 2.36. The minimum atomic E-state index is -4.82. The Morgan fingerprint density at radius 1 is 1.35 bits per heavy atom. The first-order chi connectivity index (χ1) is 7.57. The number of hydrogen-bond donors (Lipinski definition) is 0. The first-order valence-corrected chi connectivity index (χ1v) is 7.21. The number of rotatable bonds is 1. The first-order valence-electron chi connectivity index (χ1n) is 3.83. The quantitative estimate of drug-likeness (QED) is 0.542. The van der Waals surface area contributed by atoms with Crippen LogP contribution in [0.2, 0.25) is 0 Å². The van der Waals surface area contributed by atoms with E-state index in [9.17, 15) is 21.6 Å². The van der Waals surface area contributed by atoms with Gasteiger partial charge in [0.25, 0.3) is 9.05 Å². The molecule has 0 saturated carbocycles. The maximum Gasteiger partial charge on any atom is 0.417 e. The third-order valence-electron chi connectivity index (χ3n) is 1.76. The number of halogens is 5. The van der Waals surface area contributed by atoms with E-state index in [0.717, 1.165) is 6.07 Å². The Morgan fingerprint density at radius 3 is 2.24 bits per heavy atom. The molecule has 17 heavy (non-hydrogen) atoms. The van der Waals surface area contributed by atoms with Crippen LogP contribution in [0.3, 0.4) is 0 Å². The smallest absolute Gasteiger partial charge is 0.207 e. The Labute approximate surface area is 113 Å². The van der Waals surface area contributed by atoms with Crippen LogP contribution in [-0.2, 0) is 15.2 Å². The van der Waals surface area contributed by atoms with E-state index < -0.39 is 31.2 Å². The van der Waals surface area contributed by atoms with Crippen LogP contribution in [0.4, 0.5) is 13.2 Å².